The van der Waals surface area contributed by atoms with Gasteiger partial charge in [-0.05, 0) is 6.92 Å². The van der Waals surface area contributed by atoms with E-state index in [-0.39, 0.29) is 0 Å². The Morgan fingerprint density at radius 3 is 2.38 bits per heavy atom. The molecule has 0 aliphatic heterocycles. The molecule has 0 heterocycles. The highest BCUT2D eigenvalue weighted by Gasteiger charge is 1.92. The van der Waals surface area contributed by atoms with E-state index in [0.717, 1.165) is 0 Å². The van der Waals surface area contributed by atoms with Gasteiger partial charge in [0.05, 0.1) is 10.6 Å². The second-order valence-electron chi connectivity index (χ2n) is 1.22. The molecule has 0 atom stereocenters. The Labute approximate surface area is 53.9 Å². The summed E-state index contributed by atoms with van der Waals surface area (Å²) in [6, 6.07) is 1.88. The largest absolute Gasteiger partial charge is 0.192 e. The minimum atomic E-state index is 0.301. The minimum Gasteiger partial charge on any atom is -0.192 e. The molecule has 2 heteroatoms. The van der Waals surface area contributed by atoms with E-state index in [4.69, 9.17) is 16.9 Å². The maximum atomic E-state index is 8.23. The smallest absolute Gasteiger partial charge is 0.100 e. The fourth-order valence-electron chi connectivity index (χ4n) is 0.282. The summed E-state index contributed by atoms with van der Waals surface area (Å²) in [5, 5.41) is 8.53. The first-order valence-electron chi connectivity index (χ1n) is 2.13. The highest BCUT2D eigenvalue weighted by molar-refractivity contribution is 6.32. The molecule has 0 aromatic rings. The SMILES string of the molecule is C=C(Cl)C(C#N)=CC. The van der Waals surface area contributed by atoms with Gasteiger partial charge in [-0.15, -0.1) is 0 Å². The van der Waals surface area contributed by atoms with Crippen LogP contribution in [0.25, 0.3) is 0 Å². The summed E-state index contributed by atoms with van der Waals surface area (Å²) in [4.78, 5) is 0. The van der Waals surface area contributed by atoms with Crippen LogP contribution in [0.2, 0.25) is 0 Å². The average Bonchev–Trinajstić information content (AvgIpc) is 1.69. The Balaban J connectivity index is 4.20. The first-order chi connectivity index (χ1) is 3.72. The topological polar surface area (TPSA) is 23.8 Å². The molecule has 0 unspecified atom stereocenters. The van der Waals surface area contributed by atoms with Crippen molar-refractivity contribution >= 4 is 11.6 Å². The lowest BCUT2D eigenvalue weighted by molar-refractivity contribution is 1.48. The molecule has 0 N–H and O–H groups in total. The van der Waals surface area contributed by atoms with Gasteiger partial charge in [0.15, 0.2) is 0 Å². The van der Waals surface area contributed by atoms with Crippen molar-refractivity contribution in [1.29, 1.82) is 5.26 Å². The molecule has 0 saturated carbocycles. The molecule has 1 nitrogen and oxygen atoms in total. The molecule has 0 aliphatic rings. The van der Waals surface area contributed by atoms with Crippen LogP contribution in [0, 0.1) is 11.3 Å². The number of allylic oxidation sites excluding steroid dienone is 3. The number of hydrogen-bond donors (Lipinski definition) is 0. The van der Waals surface area contributed by atoms with Crippen molar-refractivity contribution in [2.24, 2.45) is 0 Å². The van der Waals surface area contributed by atoms with Crippen LogP contribution in [0.15, 0.2) is 23.3 Å². The predicted octanol–water partition coefficient (Wildman–Crippen LogP) is 2.21. The van der Waals surface area contributed by atoms with Crippen LogP contribution < -0.4 is 0 Å². The third-order valence-corrected chi connectivity index (χ3v) is 0.905. The summed E-state index contributed by atoms with van der Waals surface area (Å²) in [5.41, 5.74) is 0.437. The van der Waals surface area contributed by atoms with Crippen molar-refractivity contribution in [3.63, 3.8) is 0 Å². The number of hydrogen-bond acceptors (Lipinski definition) is 1. The normalized spacial score (nSPS) is 10.4. The molecule has 0 amide bonds. The zero-order valence-corrected chi connectivity index (χ0v) is 5.37. The molecule has 0 aromatic heterocycles. The minimum absolute atomic E-state index is 0.301. The van der Waals surface area contributed by atoms with Crippen LogP contribution in [0.3, 0.4) is 0 Å². The van der Waals surface area contributed by atoms with Gasteiger partial charge < -0.3 is 0 Å². The Kier molecular flexibility index (Phi) is 2.98. The molecule has 0 spiro atoms. The zero-order chi connectivity index (χ0) is 6.57. The third kappa shape index (κ3) is 1.81. The number of rotatable bonds is 1. The first-order valence-corrected chi connectivity index (χ1v) is 2.51. The van der Waals surface area contributed by atoms with E-state index in [1.807, 2.05) is 6.07 Å². The van der Waals surface area contributed by atoms with Crippen LogP contribution in [-0.4, -0.2) is 0 Å². The Bertz CT molecular complexity index is 162. The lowest BCUT2D eigenvalue weighted by atomic mass is 10.3. The van der Waals surface area contributed by atoms with E-state index in [2.05, 4.69) is 6.58 Å². The summed E-state index contributed by atoms with van der Waals surface area (Å²) >= 11 is 5.36. The van der Waals surface area contributed by atoms with Gasteiger partial charge in [-0.3, -0.25) is 0 Å². The number of nitrogens with zero attached hydrogens (tertiary/aromatic N) is 1. The molecule has 0 saturated heterocycles. The summed E-state index contributed by atoms with van der Waals surface area (Å²) in [7, 11) is 0. The van der Waals surface area contributed by atoms with E-state index in [9.17, 15) is 0 Å². The maximum Gasteiger partial charge on any atom is 0.100 e. The molecule has 8 heavy (non-hydrogen) atoms. The molecule has 42 valence electrons. The quantitative estimate of drug-likeness (QED) is 0.391. The van der Waals surface area contributed by atoms with Crippen molar-refractivity contribution in [2.45, 2.75) is 6.92 Å². The molecule has 0 aliphatic carbocycles. The Morgan fingerprint density at radius 1 is 1.88 bits per heavy atom. The second-order valence-corrected chi connectivity index (χ2v) is 1.68. The molecule has 0 rings (SSSR count). The van der Waals surface area contributed by atoms with E-state index in [1.165, 1.54) is 0 Å². The third-order valence-electron chi connectivity index (χ3n) is 0.701. The van der Waals surface area contributed by atoms with Gasteiger partial charge in [0.2, 0.25) is 0 Å². The predicted molar refractivity (Wildman–Crippen MR) is 34.4 cm³/mol. The van der Waals surface area contributed by atoms with Crippen LogP contribution in [0.5, 0.6) is 0 Å². The van der Waals surface area contributed by atoms with E-state index < -0.39 is 0 Å². The molecule has 0 radical (unpaired) electrons. The van der Waals surface area contributed by atoms with Crippen LogP contribution in [0.1, 0.15) is 6.92 Å². The van der Waals surface area contributed by atoms with Gasteiger partial charge >= 0.3 is 0 Å². The summed E-state index contributed by atoms with van der Waals surface area (Å²) in [5.74, 6) is 0. The highest BCUT2D eigenvalue weighted by atomic mass is 35.5. The van der Waals surface area contributed by atoms with Crippen molar-refractivity contribution in [3.05, 3.63) is 23.3 Å². The van der Waals surface area contributed by atoms with Gasteiger partial charge in [-0.1, -0.05) is 24.3 Å². The van der Waals surface area contributed by atoms with Crippen LogP contribution >= 0.6 is 11.6 Å². The van der Waals surface area contributed by atoms with Gasteiger partial charge in [-0.2, -0.15) is 5.26 Å². The maximum absolute atomic E-state index is 8.23. The lowest BCUT2D eigenvalue weighted by Gasteiger charge is -1.85. The second kappa shape index (κ2) is 3.29. The molecular weight excluding hydrogens is 122 g/mol. The van der Waals surface area contributed by atoms with Crippen LogP contribution in [0.4, 0.5) is 0 Å². The first kappa shape index (κ1) is 7.26. The van der Waals surface area contributed by atoms with Gasteiger partial charge in [0, 0.05) is 0 Å². The zero-order valence-electron chi connectivity index (χ0n) is 4.61. The highest BCUT2D eigenvalue weighted by Crippen LogP contribution is 2.09. The molecule has 0 bridgehead atoms. The van der Waals surface area contributed by atoms with E-state index in [1.54, 1.807) is 13.0 Å². The van der Waals surface area contributed by atoms with Gasteiger partial charge in [0.1, 0.15) is 6.07 Å². The summed E-state index contributed by atoms with van der Waals surface area (Å²) in [6.07, 6.45) is 1.62. The molecule has 0 aromatic carbocycles. The summed E-state index contributed by atoms with van der Waals surface area (Å²) < 4.78 is 0. The van der Waals surface area contributed by atoms with E-state index >= 15 is 0 Å². The standard InChI is InChI=1S/C6H6ClN/c1-3-6(4-8)5(2)7/h3H,2H2,1H3. The van der Waals surface area contributed by atoms with Crippen molar-refractivity contribution in [2.75, 3.05) is 0 Å². The average molecular weight is 128 g/mol. The Morgan fingerprint density at radius 2 is 2.38 bits per heavy atom. The Hall–Kier alpha value is -0.740. The van der Waals surface area contributed by atoms with Crippen molar-refractivity contribution in [1.82, 2.24) is 0 Å². The van der Waals surface area contributed by atoms with Gasteiger partial charge in [-0.25, -0.2) is 0 Å². The monoisotopic (exact) mass is 127 g/mol. The number of nitriles is 1. The van der Waals surface area contributed by atoms with Crippen LogP contribution in [-0.2, 0) is 0 Å². The summed E-state index contributed by atoms with van der Waals surface area (Å²) in [6.45, 7) is 5.11. The van der Waals surface area contributed by atoms with Gasteiger partial charge in [0.25, 0.3) is 0 Å². The fourth-order valence-corrected chi connectivity index (χ4v) is 0.433. The molecule has 0 fully saturated rings. The van der Waals surface area contributed by atoms with Crippen molar-refractivity contribution < 1.29 is 0 Å². The molecular formula is C6H6ClN. The van der Waals surface area contributed by atoms with E-state index in [0.29, 0.717) is 10.6 Å². The van der Waals surface area contributed by atoms with Crippen molar-refractivity contribution in [3.8, 4) is 6.07 Å². The fraction of sp³-hybridized carbons (Fsp3) is 0.167. The number of halogens is 1. The lowest BCUT2D eigenvalue weighted by Crippen LogP contribution is -1.72.